The van der Waals surface area contributed by atoms with Crippen LogP contribution >= 0.6 is 0 Å². The molecule has 1 atom stereocenters. The SMILES string of the molecule is CC(O)N1CC=C(c2nccnc2OC2CN(C(=O)c3nc4ccccc4[nH]3)C2)CC1. The second-order valence-corrected chi connectivity index (χ2v) is 7.87. The predicted molar refractivity (Wildman–Crippen MR) is 114 cm³/mol. The van der Waals surface area contributed by atoms with Gasteiger partial charge in [-0.1, -0.05) is 18.2 Å². The van der Waals surface area contributed by atoms with Crippen LogP contribution in [-0.2, 0) is 0 Å². The van der Waals surface area contributed by atoms with E-state index in [9.17, 15) is 9.90 Å². The van der Waals surface area contributed by atoms with Crippen molar-refractivity contribution in [2.24, 2.45) is 0 Å². The number of H-pyrrole nitrogens is 1. The van der Waals surface area contributed by atoms with E-state index in [1.165, 1.54) is 0 Å². The summed E-state index contributed by atoms with van der Waals surface area (Å²) in [5.74, 6) is 0.693. The lowest BCUT2D eigenvalue weighted by Crippen LogP contribution is -2.56. The molecule has 0 radical (unpaired) electrons. The molecule has 9 heteroatoms. The molecule has 1 amide bonds. The summed E-state index contributed by atoms with van der Waals surface area (Å²) in [7, 11) is 0. The van der Waals surface area contributed by atoms with Crippen molar-refractivity contribution in [3.05, 3.63) is 54.3 Å². The standard InChI is InChI=1S/C22H24N6O3/c1-14(29)27-10-6-15(7-11-27)19-21(24-9-8-23-19)31-16-12-28(13-16)22(30)20-25-17-4-2-3-5-18(17)26-20/h2-6,8-9,14,16,29H,7,10-13H2,1H3,(H,25,26). The van der Waals surface area contributed by atoms with Gasteiger partial charge in [-0.2, -0.15) is 0 Å². The fourth-order valence-corrected chi connectivity index (χ4v) is 3.91. The number of ether oxygens (including phenoxy) is 1. The number of benzene rings is 1. The molecule has 160 valence electrons. The molecule has 0 saturated carbocycles. The number of aliphatic hydroxyl groups excluding tert-OH is 1. The third-order valence-corrected chi connectivity index (χ3v) is 5.74. The summed E-state index contributed by atoms with van der Waals surface area (Å²) < 4.78 is 6.08. The highest BCUT2D eigenvalue weighted by atomic mass is 16.5. The summed E-state index contributed by atoms with van der Waals surface area (Å²) >= 11 is 0. The molecule has 9 nitrogen and oxygen atoms in total. The number of hydrogen-bond acceptors (Lipinski definition) is 7. The molecule has 1 saturated heterocycles. The lowest BCUT2D eigenvalue weighted by Gasteiger charge is -2.38. The minimum atomic E-state index is -0.472. The van der Waals surface area contributed by atoms with Crippen molar-refractivity contribution in [2.45, 2.75) is 25.7 Å². The number of aromatic amines is 1. The second-order valence-electron chi connectivity index (χ2n) is 7.87. The Morgan fingerprint density at radius 3 is 2.81 bits per heavy atom. The van der Waals surface area contributed by atoms with Gasteiger partial charge < -0.3 is 19.7 Å². The lowest BCUT2D eigenvalue weighted by atomic mass is 10.0. The minimum Gasteiger partial charge on any atom is -0.469 e. The van der Waals surface area contributed by atoms with Crippen LogP contribution in [-0.4, -0.2) is 79.3 Å². The third kappa shape index (κ3) is 3.89. The van der Waals surface area contributed by atoms with E-state index in [2.05, 4.69) is 26.0 Å². The maximum atomic E-state index is 12.7. The first-order chi connectivity index (χ1) is 15.1. The van der Waals surface area contributed by atoms with E-state index in [1.807, 2.05) is 29.2 Å². The number of carbonyl (C=O) groups is 1. The Balaban J connectivity index is 1.23. The normalized spacial score (nSPS) is 18.5. The predicted octanol–water partition coefficient (Wildman–Crippen LogP) is 1.68. The fourth-order valence-electron chi connectivity index (χ4n) is 3.91. The van der Waals surface area contributed by atoms with Crippen LogP contribution in [0.25, 0.3) is 16.6 Å². The number of aliphatic hydroxyl groups is 1. The molecule has 0 aliphatic carbocycles. The molecule has 5 rings (SSSR count). The first kappa shape index (κ1) is 19.7. The average Bonchev–Trinajstić information content (AvgIpc) is 3.20. The molecular weight excluding hydrogens is 396 g/mol. The van der Waals surface area contributed by atoms with Crippen LogP contribution in [0.15, 0.2) is 42.7 Å². The van der Waals surface area contributed by atoms with E-state index >= 15 is 0 Å². The maximum absolute atomic E-state index is 12.7. The number of para-hydroxylation sites is 2. The summed E-state index contributed by atoms with van der Waals surface area (Å²) in [5.41, 5.74) is 3.42. The van der Waals surface area contributed by atoms with Gasteiger partial charge in [0, 0.05) is 25.5 Å². The van der Waals surface area contributed by atoms with Crippen LogP contribution in [0.2, 0.25) is 0 Å². The summed E-state index contributed by atoms with van der Waals surface area (Å²) in [5, 5.41) is 9.75. The quantitative estimate of drug-likeness (QED) is 0.647. The van der Waals surface area contributed by atoms with Gasteiger partial charge in [0.05, 0.1) is 24.1 Å². The van der Waals surface area contributed by atoms with Crippen molar-refractivity contribution >= 4 is 22.5 Å². The van der Waals surface area contributed by atoms with Crippen molar-refractivity contribution in [3.8, 4) is 5.88 Å². The van der Waals surface area contributed by atoms with Gasteiger partial charge in [-0.25, -0.2) is 15.0 Å². The van der Waals surface area contributed by atoms with Crippen LogP contribution in [0.1, 0.15) is 29.7 Å². The molecule has 2 N–H and O–H groups in total. The molecule has 4 heterocycles. The van der Waals surface area contributed by atoms with E-state index in [4.69, 9.17) is 4.74 Å². The molecule has 3 aromatic rings. The van der Waals surface area contributed by atoms with Gasteiger partial charge in [0.1, 0.15) is 18.0 Å². The molecular formula is C22H24N6O3. The Bertz CT molecular complexity index is 1100. The summed E-state index contributed by atoms with van der Waals surface area (Å²) in [6.07, 6.45) is 5.48. The van der Waals surface area contributed by atoms with Gasteiger partial charge in [0.25, 0.3) is 5.91 Å². The van der Waals surface area contributed by atoms with Gasteiger partial charge in [-0.3, -0.25) is 9.69 Å². The number of likely N-dealkylation sites (tertiary alicyclic amines) is 1. The zero-order valence-corrected chi connectivity index (χ0v) is 17.2. The molecule has 2 aliphatic rings. The smallest absolute Gasteiger partial charge is 0.289 e. The van der Waals surface area contributed by atoms with Crippen molar-refractivity contribution in [1.29, 1.82) is 0 Å². The Morgan fingerprint density at radius 2 is 2.06 bits per heavy atom. The van der Waals surface area contributed by atoms with E-state index < -0.39 is 6.23 Å². The number of nitrogens with one attached hydrogen (secondary N) is 1. The molecule has 0 bridgehead atoms. The number of aromatic nitrogens is 4. The fraction of sp³-hybridized carbons (Fsp3) is 0.364. The number of amides is 1. The molecule has 1 fully saturated rings. The van der Waals surface area contributed by atoms with Gasteiger partial charge in [0.2, 0.25) is 5.88 Å². The number of rotatable bonds is 5. The highest BCUT2D eigenvalue weighted by Gasteiger charge is 2.35. The van der Waals surface area contributed by atoms with Crippen LogP contribution in [0, 0.1) is 0 Å². The highest BCUT2D eigenvalue weighted by Crippen LogP contribution is 2.29. The number of imidazole rings is 1. The largest absolute Gasteiger partial charge is 0.469 e. The Kier molecular flexibility index (Phi) is 5.13. The highest BCUT2D eigenvalue weighted by molar-refractivity contribution is 5.94. The number of carbonyl (C=O) groups excluding carboxylic acids is 1. The maximum Gasteiger partial charge on any atom is 0.289 e. The zero-order valence-electron chi connectivity index (χ0n) is 17.2. The Labute approximate surface area is 179 Å². The number of hydrogen-bond donors (Lipinski definition) is 2. The monoisotopic (exact) mass is 420 g/mol. The van der Waals surface area contributed by atoms with E-state index in [0.29, 0.717) is 31.3 Å². The number of fused-ring (bicyclic) bond motifs is 1. The summed E-state index contributed by atoms with van der Waals surface area (Å²) in [6.45, 7) is 4.13. The molecule has 0 spiro atoms. The van der Waals surface area contributed by atoms with Gasteiger partial charge in [0.15, 0.2) is 5.82 Å². The third-order valence-electron chi connectivity index (χ3n) is 5.74. The van der Waals surface area contributed by atoms with Crippen molar-refractivity contribution in [2.75, 3.05) is 26.2 Å². The van der Waals surface area contributed by atoms with Crippen LogP contribution < -0.4 is 4.74 Å². The molecule has 31 heavy (non-hydrogen) atoms. The molecule has 1 aromatic carbocycles. The summed E-state index contributed by atoms with van der Waals surface area (Å²) in [6, 6.07) is 7.58. The first-order valence-corrected chi connectivity index (χ1v) is 10.4. The molecule has 2 aromatic heterocycles. The zero-order chi connectivity index (χ0) is 21.4. The van der Waals surface area contributed by atoms with Crippen molar-refractivity contribution < 1.29 is 14.6 Å². The van der Waals surface area contributed by atoms with Crippen molar-refractivity contribution in [1.82, 2.24) is 29.7 Å². The number of nitrogens with zero attached hydrogens (tertiary/aromatic N) is 5. The van der Waals surface area contributed by atoms with E-state index in [0.717, 1.165) is 35.3 Å². The topological polar surface area (TPSA) is 107 Å². The van der Waals surface area contributed by atoms with E-state index in [-0.39, 0.29) is 12.0 Å². The van der Waals surface area contributed by atoms with Crippen LogP contribution in [0.5, 0.6) is 5.88 Å². The minimum absolute atomic E-state index is 0.136. The Morgan fingerprint density at radius 1 is 1.26 bits per heavy atom. The van der Waals surface area contributed by atoms with Crippen LogP contribution in [0.4, 0.5) is 0 Å². The molecule has 1 unspecified atom stereocenters. The average molecular weight is 420 g/mol. The lowest BCUT2D eigenvalue weighted by molar-refractivity contribution is 0.0147. The van der Waals surface area contributed by atoms with Gasteiger partial charge >= 0.3 is 0 Å². The Hall–Kier alpha value is -3.30. The van der Waals surface area contributed by atoms with Gasteiger partial charge in [-0.05, 0) is 31.1 Å². The van der Waals surface area contributed by atoms with Crippen LogP contribution in [0.3, 0.4) is 0 Å². The van der Waals surface area contributed by atoms with E-state index in [1.54, 1.807) is 24.2 Å². The van der Waals surface area contributed by atoms with Gasteiger partial charge in [-0.15, -0.1) is 0 Å². The first-order valence-electron chi connectivity index (χ1n) is 10.4. The summed E-state index contributed by atoms with van der Waals surface area (Å²) in [4.78, 5) is 32.7. The second kappa shape index (κ2) is 8.09. The van der Waals surface area contributed by atoms with Crippen molar-refractivity contribution in [3.63, 3.8) is 0 Å². The molecule has 2 aliphatic heterocycles.